The molecule has 0 atom stereocenters. The standard InChI is InChI=1S/C22H18BrN3O4S/c1-28-16-9-12(10-17(29-2)20(16)30-3)19(27)18-21-15(7-8-31-21)25-22(26-18)24-14-6-4-5-13(23)11-14/h4-11H,1-3H3,(H,24,25,26). The van der Waals surface area contributed by atoms with Crippen LogP contribution in [0.3, 0.4) is 0 Å². The van der Waals surface area contributed by atoms with Crippen LogP contribution in [0.25, 0.3) is 10.2 Å². The van der Waals surface area contributed by atoms with E-state index in [9.17, 15) is 4.79 Å². The van der Waals surface area contributed by atoms with Gasteiger partial charge in [0.05, 0.1) is 31.5 Å². The van der Waals surface area contributed by atoms with Crippen LogP contribution in [0.15, 0.2) is 52.3 Å². The number of carbonyl (C=O) groups excluding carboxylic acids is 1. The zero-order valence-corrected chi connectivity index (χ0v) is 19.3. The zero-order valence-electron chi connectivity index (χ0n) is 16.9. The van der Waals surface area contributed by atoms with Gasteiger partial charge in [0, 0.05) is 15.7 Å². The Bertz CT molecular complexity index is 1250. The van der Waals surface area contributed by atoms with Crippen molar-refractivity contribution in [3.05, 3.63) is 63.6 Å². The second-order valence-corrected chi connectivity index (χ2v) is 8.24. The van der Waals surface area contributed by atoms with E-state index in [0.29, 0.717) is 44.7 Å². The van der Waals surface area contributed by atoms with Crippen molar-refractivity contribution in [2.24, 2.45) is 0 Å². The molecule has 4 aromatic rings. The van der Waals surface area contributed by atoms with Gasteiger partial charge in [-0.2, -0.15) is 0 Å². The summed E-state index contributed by atoms with van der Waals surface area (Å²) in [6.45, 7) is 0. The molecule has 31 heavy (non-hydrogen) atoms. The molecule has 2 heterocycles. The number of ether oxygens (including phenoxy) is 3. The average molecular weight is 500 g/mol. The lowest BCUT2D eigenvalue weighted by molar-refractivity contribution is 0.103. The predicted octanol–water partition coefficient (Wildman–Crippen LogP) is 5.45. The highest BCUT2D eigenvalue weighted by Gasteiger charge is 2.22. The minimum atomic E-state index is -0.272. The summed E-state index contributed by atoms with van der Waals surface area (Å²) in [7, 11) is 4.53. The highest BCUT2D eigenvalue weighted by atomic mass is 79.9. The predicted molar refractivity (Wildman–Crippen MR) is 124 cm³/mol. The molecule has 2 aromatic heterocycles. The van der Waals surface area contributed by atoms with Gasteiger partial charge >= 0.3 is 0 Å². The smallest absolute Gasteiger partial charge is 0.228 e. The normalized spacial score (nSPS) is 10.7. The number of carbonyl (C=O) groups is 1. The molecule has 0 fully saturated rings. The van der Waals surface area contributed by atoms with Gasteiger partial charge in [-0.1, -0.05) is 22.0 Å². The second kappa shape index (κ2) is 8.91. The first-order valence-corrected chi connectivity index (χ1v) is 10.8. The molecule has 0 saturated carbocycles. The van der Waals surface area contributed by atoms with Crippen molar-refractivity contribution in [1.82, 2.24) is 9.97 Å². The summed E-state index contributed by atoms with van der Waals surface area (Å²) < 4.78 is 17.8. The minimum Gasteiger partial charge on any atom is -0.493 e. The molecule has 7 nitrogen and oxygen atoms in total. The summed E-state index contributed by atoms with van der Waals surface area (Å²) in [6.07, 6.45) is 0. The van der Waals surface area contributed by atoms with Crippen LogP contribution < -0.4 is 19.5 Å². The summed E-state index contributed by atoms with van der Waals surface area (Å²) in [5.74, 6) is 1.28. The molecule has 0 spiro atoms. The maximum absolute atomic E-state index is 13.5. The Labute approximate surface area is 191 Å². The van der Waals surface area contributed by atoms with Crippen molar-refractivity contribution in [2.45, 2.75) is 0 Å². The summed E-state index contributed by atoms with van der Waals surface area (Å²) in [5, 5.41) is 5.05. The molecule has 158 valence electrons. The zero-order chi connectivity index (χ0) is 22.0. The summed E-state index contributed by atoms with van der Waals surface area (Å²) in [4.78, 5) is 22.6. The van der Waals surface area contributed by atoms with E-state index in [1.807, 2.05) is 35.7 Å². The van der Waals surface area contributed by atoms with Gasteiger partial charge in [0.25, 0.3) is 0 Å². The maximum atomic E-state index is 13.5. The molecule has 0 aliphatic carbocycles. The molecule has 0 aliphatic rings. The fourth-order valence-electron chi connectivity index (χ4n) is 3.12. The fraction of sp³-hybridized carbons (Fsp3) is 0.136. The largest absolute Gasteiger partial charge is 0.493 e. The van der Waals surface area contributed by atoms with Crippen LogP contribution in [-0.2, 0) is 0 Å². The Morgan fingerprint density at radius 1 is 1.00 bits per heavy atom. The number of rotatable bonds is 7. The third-order valence-electron chi connectivity index (χ3n) is 4.53. The van der Waals surface area contributed by atoms with Gasteiger partial charge in [0.1, 0.15) is 5.69 Å². The number of halogens is 1. The van der Waals surface area contributed by atoms with Gasteiger partial charge < -0.3 is 19.5 Å². The number of hydrogen-bond donors (Lipinski definition) is 1. The van der Waals surface area contributed by atoms with Gasteiger partial charge in [0.15, 0.2) is 11.5 Å². The van der Waals surface area contributed by atoms with Gasteiger partial charge in [-0.3, -0.25) is 4.79 Å². The summed E-state index contributed by atoms with van der Waals surface area (Å²) in [5.41, 5.74) is 2.16. The summed E-state index contributed by atoms with van der Waals surface area (Å²) in [6, 6.07) is 12.7. The molecular weight excluding hydrogens is 482 g/mol. The molecule has 0 bridgehead atoms. The quantitative estimate of drug-likeness (QED) is 0.338. The van der Waals surface area contributed by atoms with E-state index in [0.717, 1.165) is 10.2 Å². The van der Waals surface area contributed by atoms with Gasteiger partial charge in [-0.25, -0.2) is 9.97 Å². The van der Waals surface area contributed by atoms with Crippen LogP contribution >= 0.6 is 27.3 Å². The Morgan fingerprint density at radius 2 is 1.74 bits per heavy atom. The monoisotopic (exact) mass is 499 g/mol. The lowest BCUT2D eigenvalue weighted by Gasteiger charge is -2.14. The molecule has 9 heteroatoms. The Hall–Kier alpha value is -3.17. The van der Waals surface area contributed by atoms with Crippen LogP contribution in [0.2, 0.25) is 0 Å². The molecule has 1 N–H and O–H groups in total. The lowest BCUT2D eigenvalue weighted by atomic mass is 10.1. The number of methoxy groups -OCH3 is 3. The minimum absolute atomic E-state index is 0.272. The highest BCUT2D eigenvalue weighted by Crippen LogP contribution is 2.39. The van der Waals surface area contributed by atoms with Crippen molar-refractivity contribution >= 4 is 54.9 Å². The first-order valence-electron chi connectivity index (χ1n) is 9.16. The molecule has 0 amide bonds. The highest BCUT2D eigenvalue weighted by molar-refractivity contribution is 9.10. The molecule has 0 saturated heterocycles. The lowest BCUT2D eigenvalue weighted by Crippen LogP contribution is -2.09. The van der Waals surface area contributed by atoms with Crippen LogP contribution in [0, 0.1) is 0 Å². The molecule has 4 rings (SSSR count). The van der Waals surface area contributed by atoms with Gasteiger partial charge in [0.2, 0.25) is 17.5 Å². The molecule has 0 aliphatic heterocycles. The number of ketones is 1. The van der Waals surface area contributed by atoms with Crippen molar-refractivity contribution in [3.8, 4) is 17.2 Å². The topological polar surface area (TPSA) is 82.6 Å². The van der Waals surface area contributed by atoms with Crippen molar-refractivity contribution in [1.29, 1.82) is 0 Å². The van der Waals surface area contributed by atoms with E-state index in [1.54, 1.807) is 12.1 Å². The molecule has 0 unspecified atom stereocenters. The third kappa shape index (κ3) is 4.19. The number of benzene rings is 2. The van der Waals surface area contributed by atoms with Crippen LogP contribution in [0.1, 0.15) is 16.1 Å². The number of nitrogens with zero attached hydrogens (tertiary/aromatic N) is 2. The van der Waals surface area contributed by atoms with Crippen molar-refractivity contribution < 1.29 is 19.0 Å². The van der Waals surface area contributed by atoms with Crippen molar-refractivity contribution in [3.63, 3.8) is 0 Å². The SMILES string of the molecule is COc1cc(C(=O)c2nc(Nc3cccc(Br)c3)nc3ccsc23)cc(OC)c1OC. The van der Waals surface area contributed by atoms with Gasteiger partial charge in [-0.05, 0) is 41.8 Å². The van der Waals surface area contributed by atoms with Gasteiger partial charge in [-0.15, -0.1) is 11.3 Å². The Morgan fingerprint density at radius 3 is 2.39 bits per heavy atom. The van der Waals surface area contributed by atoms with E-state index in [4.69, 9.17) is 14.2 Å². The first kappa shape index (κ1) is 21.1. The number of aromatic nitrogens is 2. The van der Waals surface area contributed by atoms with E-state index in [2.05, 4.69) is 31.2 Å². The number of fused-ring (bicyclic) bond motifs is 1. The Balaban J connectivity index is 1.80. The number of anilines is 2. The van der Waals surface area contributed by atoms with E-state index >= 15 is 0 Å². The number of hydrogen-bond acceptors (Lipinski definition) is 8. The average Bonchev–Trinajstić information content (AvgIpc) is 3.25. The number of nitrogens with one attached hydrogen (secondary N) is 1. The molecule has 2 aromatic carbocycles. The van der Waals surface area contributed by atoms with Crippen LogP contribution in [0.4, 0.5) is 11.6 Å². The second-order valence-electron chi connectivity index (χ2n) is 6.41. The maximum Gasteiger partial charge on any atom is 0.228 e. The van der Waals surface area contributed by atoms with Crippen molar-refractivity contribution in [2.75, 3.05) is 26.6 Å². The third-order valence-corrected chi connectivity index (χ3v) is 5.93. The van der Waals surface area contributed by atoms with E-state index in [1.165, 1.54) is 32.7 Å². The molecular formula is C22H18BrN3O4S. The Kier molecular flexibility index (Phi) is 6.06. The summed E-state index contributed by atoms with van der Waals surface area (Å²) >= 11 is 4.86. The first-order chi connectivity index (χ1) is 15.0. The van der Waals surface area contributed by atoms with Crippen LogP contribution in [-0.4, -0.2) is 37.1 Å². The van der Waals surface area contributed by atoms with E-state index in [-0.39, 0.29) is 5.78 Å². The fourth-order valence-corrected chi connectivity index (χ4v) is 4.33. The molecule has 0 radical (unpaired) electrons. The number of thiophene rings is 1. The van der Waals surface area contributed by atoms with E-state index < -0.39 is 0 Å². The van der Waals surface area contributed by atoms with Crippen LogP contribution in [0.5, 0.6) is 17.2 Å².